The normalized spacial score (nSPS) is 12.7. The third kappa shape index (κ3) is 8.33. The van der Waals surface area contributed by atoms with Crippen molar-refractivity contribution in [2.45, 2.75) is 38.8 Å². The van der Waals surface area contributed by atoms with Crippen LogP contribution in [0.2, 0.25) is 0 Å². The van der Waals surface area contributed by atoms with Crippen LogP contribution in [0.4, 0.5) is 4.79 Å². The second-order valence-electron chi connectivity index (χ2n) is 6.26. The van der Waals surface area contributed by atoms with Gasteiger partial charge in [0.25, 0.3) is 0 Å². The Morgan fingerprint density at radius 2 is 1.88 bits per heavy atom. The number of alkyl carbamates (subject to hydrolysis) is 1. The van der Waals surface area contributed by atoms with Gasteiger partial charge in [0.15, 0.2) is 5.78 Å². The summed E-state index contributed by atoms with van der Waals surface area (Å²) in [5, 5.41) is 5.45. The Kier molecular flexibility index (Phi) is 7.98. The maximum Gasteiger partial charge on any atom is 0.408 e. The van der Waals surface area contributed by atoms with E-state index in [0.29, 0.717) is 13.2 Å². The minimum Gasteiger partial charge on any atom is -0.444 e. The third-order valence-electron chi connectivity index (χ3n) is 2.91. The van der Waals surface area contributed by atoms with Crippen LogP contribution in [0.25, 0.3) is 0 Å². The van der Waals surface area contributed by atoms with Crippen LogP contribution in [0.1, 0.15) is 26.3 Å². The minimum absolute atomic E-state index is 0.228. The molecule has 0 fully saturated rings. The lowest BCUT2D eigenvalue weighted by Gasteiger charge is -2.22. The molecule has 0 saturated heterocycles. The van der Waals surface area contributed by atoms with Gasteiger partial charge >= 0.3 is 6.09 Å². The molecule has 0 spiro atoms. The Hall–Kier alpha value is -2.34. The van der Waals surface area contributed by atoms with Gasteiger partial charge in [-0.1, -0.05) is 30.3 Å². The molecule has 0 unspecified atom stereocenters. The van der Waals surface area contributed by atoms with Gasteiger partial charge in [-0.25, -0.2) is 4.79 Å². The van der Waals surface area contributed by atoms with Crippen LogP contribution in [0.15, 0.2) is 42.6 Å². The third-order valence-corrected chi connectivity index (χ3v) is 2.91. The van der Waals surface area contributed by atoms with E-state index in [9.17, 15) is 9.59 Å². The number of carbonyl (C=O) groups excluding carboxylic acids is 2. The Balaban J connectivity index is 2.76. The van der Waals surface area contributed by atoms with Crippen LogP contribution >= 0.6 is 0 Å². The Labute approximate surface area is 143 Å². The molecule has 1 aromatic rings. The molecule has 132 valence electrons. The van der Waals surface area contributed by atoms with Crippen LogP contribution in [0, 0.1) is 0 Å². The molecule has 0 heterocycles. The van der Waals surface area contributed by atoms with Gasteiger partial charge in [0.05, 0.1) is 6.04 Å². The van der Waals surface area contributed by atoms with Crippen molar-refractivity contribution in [3.63, 3.8) is 0 Å². The predicted octanol–water partition coefficient (Wildman–Crippen LogP) is 2.40. The summed E-state index contributed by atoms with van der Waals surface area (Å²) in [6.45, 7) is 5.62. The van der Waals surface area contributed by atoms with Crippen LogP contribution in [0.3, 0.4) is 0 Å². The molecule has 0 radical (unpaired) electrons. The maximum atomic E-state index is 12.4. The quantitative estimate of drug-likeness (QED) is 0.434. The molecule has 6 nitrogen and oxygen atoms in total. The van der Waals surface area contributed by atoms with E-state index in [1.807, 2.05) is 30.3 Å². The highest BCUT2D eigenvalue weighted by molar-refractivity contribution is 5.96. The molecule has 1 rings (SSSR count). The first-order valence-electron chi connectivity index (χ1n) is 7.78. The van der Waals surface area contributed by atoms with E-state index < -0.39 is 17.7 Å². The number of ketones is 1. The van der Waals surface area contributed by atoms with Gasteiger partial charge in [-0.2, -0.15) is 0 Å². The van der Waals surface area contributed by atoms with Crippen LogP contribution in [-0.4, -0.2) is 37.4 Å². The van der Waals surface area contributed by atoms with E-state index in [1.54, 1.807) is 27.9 Å². The second kappa shape index (κ2) is 9.72. The molecule has 0 aliphatic heterocycles. The fraction of sp³-hybridized carbons (Fsp3) is 0.444. The SMILES string of the molecule is COCN/C=C/C(=O)[C@H](Cc1ccccc1)NC(=O)OC(C)(C)C. The highest BCUT2D eigenvalue weighted by Gasteiger charge is 2.23. The van der Waals surface area contributed by atoms with E-state index in [-0.39, 0.29) is 5.78 Å². The standard InChI is InChI=1S/C18H26N2O4/c1-18(2,3)24-17(22)20-15(12-14-8-6-5-7-9-14)16(21)10-11-19-13-23-4/h5-11,15,19H,12-13H2,1-4H3,(H,20,22)/b11-10+/t15-/m0/s1. The Morgan fingerprint density at radius 3 is 2.46 bits per heavy atom. The van der Waals surface area contributed by atoms with Gasteiger partial charge in [0.2, 0.25) is 0 Å². The number of benzene rings is 1. The van der Waals surface area contributed by atoms with Crippen molar-refractivity contribution in [1.29, 1.82) is 0 Å². The van der Waals surface area contributed by atoms with Crippen molar-refractivity contribution >= 4 is 11.9 Å². The number of rotatable bonds is 8. The van der Waals surface area contributed by atoms with Gasteiger partial charge < -0.3 is 20.1 Å². The zero-order valence-corrected chi connectivity index (χ0v) is 14.7. The molecule has 0 bridgehead atoms. The number of nitrogens with one attached hydrogen (secondary N) is 2. The fourth-order valence-corrected chi connectivity index (χ4v) is 1.91. The Bertz CT molecular complexity index is 550. The first kappa shape index (κ1) is 19.7. The molecule has 0 aromatic heterocycles. The number of ether oxygens (including phenoxy) is 2. The van der Waals surface area contributed by atoms with Gasteiger partial charge in [-0.3, -0.25) is 4.79 Å². The van der Waals surface area contributed by atoms with Gasteiger partial charge in [-0.15, -0.1) is 0 Å². The molecule has 1 amide bonds. The van der Waals surface area contributed by atoms with Crippen molar-refractivity contribution in [2.24, 2.45) is 0 Å². The van der Waals surface area contributed by atoms with Crippen molar-refractivity contribution in [1.82, 2.24) is 10.6 Å². The summed E-state index contributed by atoms with van der Waals surface area (Å²) in [6, 6.07) is 8.79. The lowest BCUT2D eigenvalue weighted by molar-refractivity contribution is -0.116. The molecule has 0 aliphatic carbocycles. The summed E-state index contributed by atoms with van der Waals surface area (Å²) in [5.74, 6) is -0.228. The van der Waals surface area contributed by atoms with Crippen LogP contribution < -0.4 is 10.6 Å². The first-order valence-corrected chi connectivity index (χ1v) is 7.78. The number of hydrogen-bond acceptors (Lipinski definition) is 5. The number of amides is 1. The molecule has 0 aliphatic rings. The number of hydrogen-bond donors (Lipinski definition) is 2. The molecule has 0 saturated carbocycles. The highest BCUT2D eigenvalue weighted by atomic mass is 16.6. The number of carbonyl (C=O) groups is 2. The topological polar surface area (TPSA) is 76.7 Å². The summed E-state index contributed by atoms with van der Waals surface area (Å²) in [7, 11) is 1.55. The van der Waals surface area contributed by atoms with E-state index in [4.69, 9.17) is 9.47 Å². The maximum absolute atomic E-state index is 12.4. The molecular formula is C18H26N2O4. The van der Waals surface area contributed by atoms with Crippen molar-refractivity contribution < 1.29 is 19.1 Å². The minimum atomic E-state index is -0.706. The lowest BCUT2D eigenvalue weighted by atomic mass is 10.0. The summed E-state index contributed by atoms with van der Waals surface area (Å²) in [6.07, 6.45) is 2.65. The summed E-state index contributed by atoms with van der Waals surface area (Å²) in [4.78, 5) is 24.4. The first-order chi connectivity index (χ1) is 11.3. The predicted molar refractivity (Wildman–Crippen MR) is 92.5 cm³/mol. The molecule has 1 atom stereocenters. The number of methoxy groups -OCH3 is 1. The highest BCUT2D eigenvalue weighted by Crippen LogP contribution is 2.09. The average molecular weight is 334 g/mol. The summed E-state index contributed by atoms with van der Waals surface area (Å²) >= 11 is 0. The van der Waals surface area contributed by atoms with E-state index in [2.05, 4.69) is 10.6 Å². The summed E-state index contributed by atoms with van der Waals surface area (Å²) < 4.78 is 10.1. The van der Waals surface area contributed by atoms with Gasteiger partial charge in [0, 0.05) is 19.7 Å². The van der Waals surface area contributed by atoms with Crippen LogP contribution in [-0.2, 0) is 20.7 Å². The fourth-order valence-electron chi connectivity index (χ4n) is 1.91. The van der Waals surface area contributed by atoms with E-state index in [1.165, 1.54) is 12.3 Å². The molecule has 1 aromatic carbocycles. The van der Waals surface area contributed by atoms with Crippen molar-refractivity contribution in [2.75, 3.05) is 13.8 Å². The largest absolute Gasteiger partial charge is 0.444 e. The van der Waals surface area contributed by atoms with Gasteiger partial charge in [0.1, 0.15) is 12.3 Å². The zero-order valence-electron chi connectivity index (χ0n) is 14.7. The second-order valence-corrected chi connectivity index (χ2v) is 6.26. The molecular weight excluding hydrogens is 308 g/mol. The smallest absolute Gasteiger partial charge is 0.408 e. The van der Waals surface area contributed by atoms with Crippen molar-refractivity contribution in [3.8, 4) is 0 Å². The lowest BCUT2D eigenvalue weighted by Crippen LogP contribution is -2.44. The van der Waals surface area contributed by atoms with E-state index >= 15 is 0 Å². The Morgan fingerprint density at radius 1 is 1.21 bits per heavy atom. The van der Waals surface area contributed by atoms with Gasteiger partial charge in [-0.05, 0) is 32.4 Å². The zero-order chi connectivity index (χ0) is 18.0. The average Bonchev–Trinajstić information content (AvgIpc) is 2.50. The van der Waals surface area contributed by atoms with E-state index in [0.717, 1.165) is 5.56 Å². The van der Waals surface area contributed by atoms with Crippen LogP contribution in [0.5, 0.6) is 0 Å². The monoisotopic (exact) mass is 334 g/mol. The molecule has 6 heteroatoms. The van der Waals surface area contributed by atoms with Crippen molar-refractivity contribution in [3.05, 3.63) is 48.2 Å². The molecule has 2 N–H and O–H groups in total. The molecule has 24 heavy (non-hydrogen) atoms. The summed E-state index contributed by atoms with van der Waals surface area (Å²) in [5.41, 5.74) is 0.325.